The van der Waals surface area contributed by atoms with Crippen LogP contribution in [0.25, 0.3) is 10.9 Å². The van der Waals surface area contributed by atoms with Gasteiger partial charge < -0.3 is 15.0 Å². The Morgan fingerprint density at radius 1 is 1.32 bits per heavy atom. The number of carboxylic acid groups (broad SMARTS) is 1. The molecule has 0 saturated carbocycles. The molecule has 1 aromatic heterocycles. The summed E-state index contributed by atoms with van der Waals surface area (Å²) in [4.78, 5) is 23.1. The van der Waals surface area contributed by atoms with Crippen molar-refractivity contribution in [1.82, 2.24) is 9.88 Å². The Kier molecular flexibility index (Phi) is 5.24. The molecule has 0 aliphatic rings. The molecular formula is C16H19BrN2O3. The second kappa shape index (κ2) is 6.96. The Bertz CT molecular complexity index is 694. The summed E-state index contributed by atoms with van der Waals surface area (Å²) in [5, 5.41) is 12.8. The van der Waals surface area contributed by atoms with Gasteiger partial charge in [0.2, 0.25) is 5.91 Å². The van der Waals surface area contributed by atoms with Crippen LogP contribution in [0.3, 0.4) is 0 Å². The molecule has 22 heavy (non-hydrogen) atoms. The molecule has 0 bridgehead atoms. The highest BCUT2D eigenvalue weighted by atomic mass is 79.9. The first-order chi connectivity index (χ1) is 10.4. The zero-order valence-corrected chi connectivity index (χ0v) is 14.1. The van der Waals surface area contributed by atoms with E-state index in [4.69, 9.17) is 5.11 Å². The van der Waals surface area contributed by atoms with Gasteiger partial charge in [0.15, 0.2) is 0 Å². The van der Waals surface area contributed by atoms with E-state index in [9.17, 15) is 9.59 Å². The van der Waals surface area contributed by atoms with E-state index in [1.807, 2.05) is 35.0 Å². The molecule has 1 heterocycles. The number of hydrogen-bond donors (Lipinski definition) is 2. The quantitative estimate of drug-likeness (QED) is 0.825. The minimum atomic E-state index is -1.00. The fourth-order valence-electron chi connectivity index (χ4n) is 2.36. The van der Waals surface area contributed by atoms with Gasteiger partial charge >= 0.3 is 5.97 Å². The second-order valence-corrected chi connectivity index (χ2v) is 6.41. The predicted molar refractivity (Wildman–Crippen MR) is 88.7 cm³/mol. The second-order valence-electron chi connectivity index (χ2n) is 5.56. The molecule has 1 amide bonds. The molecule has 0 fully saturated rings. The topological polar surface area (TPSA) is 71.3 Å². The molecule has 1 atom stereocenters. The number of carbonyl (C=O) groups excluding carboxylic acids is 1. The maximum Gasteiger partial charge on any atom is 0.326 e. The van der Waals surface area contributed by atoms with Crippen molar-refractivity contribution >= 4 is 38.7 Å². The van der Waals surface area contributed by atoms with Gasteiger partial charge in [0.25, 0.3) is 0 Å². The summed E-state index contributed by atoms with van der Waals surface area (Å²) in [6.45, 7) is 4.06. The number of benzene rings is 1. The van der Waals surface area contributed by atoms with Crippen LogP contribution in [0, 0.1) is 5.92 Å². The molecule has 1 unspecified atom stereocenters. The summed E-state index contributed by atoms with van der Waals surface area (Å²) in [7, 11) is 0. The number of nitrogens with one attached hydrogen (secondary N) is 1. The van der Waals surface area contributed by atoms with E-state index in [1.165, 1.54) is 0 Å². The van der Waals surface area contributed by atoms with E-state index < -0.39 is 12.0 Å². The molecule has 6 heteroatoms. The Hall–Kier alpha value is -1.82. The minimum absolute atomic E-state index is 0.148. The predicted octanol–water partition coefficient (Wildman–Crippen LogP) is 3.02. The average molecular weight is 367 g/mol. The third-order valence-electron chi connectivity index (χ3n) is 3.59. The Morgan fingerprint density at radius 3 is 2.68 bits per heavy atom. The van der Waals surface area contributed by atoms with Gasteiger partial charge in [-0.2, -0.15) is 0 Å². The molecule has 5 nitrogen and oxygen atoms in total. The van der Waals surface area contributed by atoms with E-state index in [-0.39, 0.29) is 18.2 Å². The van der Waals surface area contributed by atoms with Crippen LogP contribution in [0.1, 0.15) is 20.3 Å². The number of carbonyl (C=O) groups is 2. The van der Waals surface area contributed by atoms with Gasteiger partial charge in [-0.15, -0.1) is 0 Å². The van der Waals surface area contributed by atoms with Crippen molar-refractivity contribution < 1.29 is 14.7 Å². The molecule has 1 aromatic carbocycles. The number of aryl methyl sites for hydroxylation is 1. The lowest BCUT2D eigenvalue weighted by atomic mass is 10.0. The molecule has 2 aromatic rings. The maximum absolute atomic E-state index is 12.0. The summed E-state index contributed by atoms with van der Waals surface area (Å²) in [6, 6.07) is 7.06. The molecule has 2 N–H and O–H groups in total. The summed E-state index contributed by atoms with van der Waals surface area (Å²) in [5.74, 6) is -1.40. The first-order valence-corrected chi connectivity index (χ1v) is 7.95. The van der Waals surface area contributed by atoms with Gasteiger partial charge in [0, 0.05) is 34.5 Å². The number of halogens is 1. The summed E-state index contributed by atoms with van der Waals surface area (Å²) < 4.78 is 3.00. The fourth-order valence-corrected chi connectivity index (χ4v) is 2.85. The van der Waals surface area contributed by atoms with Gasteiger partial charge in [-0.25, -0.2) is 4.79 Å². The van der Waals surface area contributed by atoms with Crippen molar-refractivity contribution in [2.24, 2.45) is 5.92 Å². The van der Waals surface area contributed by atoms with Gasteiger partial charge in [-0.05, 0) is 24.1 Å². The molecule has 118 valence electrons. The summed E-state index contributed by atoms with van der Waals surface area (Å²) in [5.41, 5.74) is 1.04. The SMILES string of the molecule is CC(C)C(NC(=O)CCn1ccc2c(Br)cccc21)C(=O)O. The lowest BCUT2D eigenvalue weighted by molar-refractivity contribution is -0.143. The Morgan fingerprint density at radius 2 is 2.05 bits per heavy atom. The van der Waals surface area contributed by atoms with Gasteiger partial charge in [0.05, 0.1) is 0 Å². The highest BCUT2D eigenvalue weighted by Gasteiger charge is 2.23. The normalized spacial score (nSPS) is 12.5. The molecule has 0 aliphatic heterocycles. The van der Waals surface area contributed by atoms with Crippen LogP contribution in [0.5, 0.6) is 0 Å². The zero-order valence-electron chi connectivity index (χ0n) is 12.5. The monoisotopic (exact) mass is 366 g/mol. The fraction of sp³-hybridized carbons (Fsp3) is 0.375. The van der Waals surface area contributed by atoms with Crippen molar-refractivity contribution in [1.29, 1.82) is 0 Å². The highest BCUT2D eigenvalue weighted by molar-refractivity contribution is 9.10. The third-order valence-corrected chi connectivity index (χ3v) is 4.28. The molecule has 0 radical (unpaired) electrons. The van der Waals surface area contributed by atoms with Crippen LogP contribution in [0.4, 0.5) is 0 Å². The van der Waals surface area contributed by atoms with Gasteiger partial charge in [0.1, 0.15) is 6.04 Å². The van der Waals surface area contributed by atoms with Crippen molar-refractivity contribution in [3.63, 3.8) is 0 Å². The van der Waals surface area contributed by atoms with E-state index >= 15 is 0 Å². The molecular weight excluding hydrogens is 348 g/mol. The van der Waals surface area contributed by atoms with Gasteiger partial charge in [-0.1, -0.05) is 35.8 Å². The lowest BCUT2D eigenvalue weighted by Crippen LogP contribution is -2.44. The van der Waals surface area contributed by atoms with Crippen LogP contribution in [0.15, 0.2) is 34.9 Å². The lowest BCUT2D eigenvalue weighted by Gasteiger charge is -2.18. The summed E-state index contributed by atoms with van der Waals surface area (Å²) >= 11 is 3.50. The molecule has 0 aliphatic carbocycles. The van der Waals surface area contributed by atoms with Crippen LogP contribution in [0.2, 0.25) is 0 Å². The van der Waals surface area contributed by atoms with Crippen molar-refractivity contribution in [3.05, 3.63) is 34.9 Å². The van der Waals surface area contributed by atoms with Crippen LogP contribution >= 0.6 is 15.9 Å². The summed E-state index contributed by atoms with van der Waals surface area (Å²) in [6.07, 6.45) is 2.17. The first kappa shape index (κ1) is 16.5. The average Bonchev–Trinajstić information content (AvgIpc) is 2.86. The van der Waals surface area contributed by atoms with E-state index in [0.29, 0.717) is 6.54 Å². The number of fused-ring (bicyclic) bond motifs is 1. The Labute approximate surface area is 137 Å². The smallest absolute Gasteiger partial charge is 0.326 e. The van der Waals surface area contributed by atoms with E-state index in [1.54, 1.807) is 13.8 Å². The number of amides is 1. The third kappa shape index (κ3) is 3.68. The number of aliphatic carboxylic acids is 1. The van der Waals surface area contributed by atoms with E-state index in [0.717, 1.165) is 15.4 Å². The molecule has 0 saturated heterocycles. The van der Waals surface area contributed by atoms with Gasteiger partial charge in [-0.3, -0.25) is 4.79 Å². The highest BCUT2D eigenvalue weighted by Crippen LogP contribution is 2.24. The minimum Gasteiger partial charge on any atom is -0.480 e. The number of rotatable bonds is 6. The van der Waals surface area contributed by atoms with Crippen molar-refractivity contribution in [3.8, 4) is 0 Å². The van der Waals surface area contributed by atoms with Crippen molar-refractivity contribution in [2.75, 3.05) is 0 Å². The molecule has 0 spiro atoms. The van der Waals surface area contributed by atoms with E-state index in [2.05, 4.69) is 21.2 Å². The van der Waals surface area contributed by atoms with Crippen LogP contribution in [-0.2, 0) is 16.1 Å². The zero-order chi connectivity index (χ0) is 16.3. The van der Waals surface area contributed by atoms with Crippen LogP contribution in [-0.4, -0.2) is 27.6 Å². The maximum atomic E-state index is 12.0. The van der Waals surface area contributed by atoms with Crippen LogP contribution < -0.4 is 5.32 Å². The Balaban J connectivity index is 2.01. The number of carboxylic acids is 1. The first-order valence-electron chi connectivity index (χ1n) is 7.15. The number of aromatic nitrogens is 1. The number of hydrogen-bond acceptors (Lipinski definition) is 2. The van der Waals surface area contributed by atoms with Crippen molar-refractivity contribution in [2.45, 2.75) is 32.9 Å². The standard InChI is InChI=1S/C16H19BrN2O3/c1-10(2)15(16(21)22)18-14(20)7-9-19-8-6-11-12(17)4-3-5-13(11)19/h3-6,8,10,15H,7,9H2,1-2H3,(H,18,20)(H,21,22). The molecule has 2 rings (SSSR count). The largest absolute Gasteiger partial charge is 0.480 e. The number of nitrogens with zero attached hydrogens (tertiary/aromatic N) is 1.